The molecule has 0 aliphatic carbocycles. The van der Waals surface area contributed by atoms with Crippen LogP contribution in [0.2, 0.25) is 0 Å². The van der Waals surface area contributed by atoms with E-state index in [2.05, 4.69) is 30.8 Å². The number of carbonyl (C=O) groups excluding carboxylic acids is 1. The van der Waals surface area contributed by atoms with Crippen molar-refractivity contribution in [3.8, 4) is 0 Å². The minimum absolute atomic E-state index is 0.0568. The summed E-state index contributed by atoms with van der Waals surface area (Å²) in [4.78, 5) is 20.6. The van der Waals surface area contributed by atoms with Crippen molar-refractivity contribution in [2.45, 2.75) is 20.0 Å². The number of benzene rings is 1. The summed E-state index contributed by atoms with van der Waals surface area (Å²) >= 11 is 0. The lowest BCUT2D eigenvalue weighted by Crippen LogP contribution is -2.70. The molecule has 1 amide bonds. The van der Waals surface area contributed by atoms with E-state index in [0.717, 1.165) is 29.6 Å². The maximum absolute atomic E-state index is 13.2. The van der Waals surface area contributed by atoms with Gasteiger partial charge in [0.2, 0.25) is 0 Å². The maximum atomic E-state index is 13.2. The molecule has 5 heteroatoms. The number of aliphatic hydroxyl groups is 1. The molecule has 2 aromatic rings. The quantitative estimate of drug-likeness (QED) is 0.841. The molecule has 2 aliphatic rings. The van der Waals surface area contributed by atoms with Gasteiger partial charge in [0.1, 0.15) is 0 Å². The van der Waals surface area contributed by atoms with Crippen LogP contribution < -0.4 is 0 Å². The van der Waals surface area contributed by atoms with E-state index >= 15 is 0 Å². The zero-order valence-electron chi connectivity index (χ0n) is 14.5. The van der Waals surface area contributed by atoms with E-state index in [0.29, 0.717) is 13.1 Å². The first-order valence-corrected chi connectivity index (χ1v) is 8.54. The highest BCUT2D eigenvalue weighted by atomic mass is 16.3. The van der Waals surface area contributed by atoms with Gasteiger partial charge in [-0.25, -0.2) is 0 Å². The van der Waals surface area contributed by atoms with E-state index in [9.17, 15) is 9.90 Å². The van der Waals surface area contributed by atoms with E-state index in [1.165, 1.54) is 0 Å². The fourth-order valence-corrected chi connectivity index (χ4v) is 5.07. The first kappa shape index (κ1) is 15.7. The number of H-pyrrole nitrogens is 1. The lowest BCUT2D eigenvalue weighted by molar-refractivity contribution is -0.161. The number of hydrogen-bond donors (Lipinski definition) is 2. The van der Waals surface area contributed by atoms with Crippen LogP contribution in [0.3, 0.4) is 0 Å². The normalized spacial score (nSPS) is 33.8. The second-order valence-electron chi connectivity index (χ2n) is 8.29. The summed E-state index contributed by atoms with van der Waals surface area (Å²) in [6.45, 7) is 6.99. The molecule has 1 aromatic carbocycles. The van der Waals surface area contributed by atoms with Crippen LogP contribution in [0.1, 0.15) is 24.2 Å². The number of hydrogen-bond acceptors (Lipinski definition) is 3. The topological polar surface area (TPSA) is 59.6 Å². The third kappa shape index (κ3) is 2.19. The van der Waals surface area contributed by atoms with Gasteiger partial charge in [0.25, 0.3) is 5.91 Å². The first-order valence-electron chi connectivity index (χ1n) is 8.54. The Morgan fingerprint density at radius 2 is 1.79 bits per heavy atom. The van der Waals surface area contributed by atoms with Crippen molar-refractivity contribution < 1.29 is 9.90 Å². The molecule has 3 heterocycles. The van der Waals surface area contributed by atoms with Crippen LogP contribution in [0.5, 0.6) is 0 Å². The van der Waals surface area contributed by atoms with Crippen molar-refractivity contribution in [2.75, 3.05) is 33.2 Å². The number of rotatable bonds is 1. The van der Waals surface area contributed by atoms with Crippen LogP contribution in [0.25, 0.3) is 10.9 Å². The number of aliphatic hydroxyl groups excluding tert-OH is 1. The zero-order chi connectivity index (χ0) is 17.1. The first-order chi connectivity index (χ1) is 11.3. The van der Waals surface area contributed by atoms with Crippen LogP contribution >= 0.6 is 0 Å². The van der Waals surface area contributed by atoms with E-state index in [-0.39, 0.29) is 22.8 Å². The summed E-state index contributed by atoms with van der Waals surface area (Å²) < 4.78 is 0. The molecule has 1 aromatic heterocycles. The van der Waals surface area contributed by atoms with Gasteiger partial charge in [-0.1, -0.05) is 32.0 Å². The van der Waals surface area contributed by atoms with Crippen LogP contribution in [0, 0.1) is 10.8 Å². The number of aromatic nitrogens is 1. The van der Waals surface area contributed by atoms with E-state index in [1.54, 1.807) is 0 Å². The Hall–Kier alpha value is -1.85. The van der Waals surface area contributed by atoms with Gasteiger partial charge in [-0.05, 0) is 13.1 Å². The average molecular weight is 327 g/mol. The molecule has 3 atom stereocenters. The third-order valence-corrected chi connectivity index (χ3v) is 5.79. The van der Waals surface area contributed by atoms with Gasteiger partial charge < -0.3 is 19.9 Å². The molecule has 2 aliphatic heterocycles. The SMILES string of the molecule is CN1C[C@@]2(C)CN(C(=O)c3c[nH]c4ccccc34)C[C@@](C)(C1)C2O. The molecular weight excluding hydrogens is 302 g/mol. The summed E-state index contributed by atoms with van der Waals surface area (Å²) in [7, 11) is 2.10. The van der Waals surface area contributed by atoms with Gasteiger partial charge in [-0.2, -0.15) is 0 Å². The Morgan fingerprint density at radius 3 is 2.46 bits per heavy atom. The second kappa shape index (κ2) is 5.07. The van der Waals surface area contributed by atoms with Crippen LogP contribution in [-0.2, 0) is 0 Å². The molecule has 5 nitrogen and oxygen atoms in total. The number of piperidine rings is 2. The minimum Gasteiger partial charge on any atom is -0.392 e. The van der Waals surface area contributed by atoms with Crippen LogP contribution in [0.15, 0.2) is 30.5 Å². The lowest BCUT2D eigenvalue weighted by atomic mass is 9.63. The Balaban J connectivity index is 1.69. The highest BCUT2D eigenvalue weighted by molar-refractivity contribution is 6.06. The van der Waals surface area contributed by atoms with Crippen molar-refractivity contribution in [1.82, 2.24) is 14.8 Å². The Morgan fingerprint density at radius 1 is 1.17 bits per heavy atom. The molecule has 24 heavy (non-hydrogen) atoms. The summed E-state index contributed by atoms with van der Waals surface area (Å²) in [5, 5.41) is 11.8. The molecule has 2 saturated heterocycles. The Labute approximate surface area is 142 Å². The number of fused-ring (bicyclic) bond motifs is 3. The largest absolute Gasteiger partial charge is 0.392 e. The number of para-hydroxylation sites is 1. The van der Waals surface area contributed by atoms with Gasteiger partial charge in [-0.3, -0.25) is 4.79 Å². The zero-order valence-corrected chi connectivity index (χ0v) is 14.5. The number of nitrogens with zero attached hydrogens (tertiary/aromatic N) is 2. The molecule has 0 saturated carbocycles. The molecule has 4 rings (SSSR count). The van der Waals surface area contributed by atoms with Gasteiger partial charge in [0, 0.05) is 54.1 Å². The van der Waals surface area contributed by atoms with Gasteiger partial charge in [0.05, 0.1) is 11.7 Å². The van der Waals surface area contributed by atoms with E-state index in [4.69, 9.17) is 0 Å². The van der Waals surface area contributed by atoms with Crippen LogP contribution in [0.4, 0.5) is 0 Å². The Kier molecular flexibility index (Phi) is 3.31. The smallest absolute Gasteiger partial charge is 0.256 e. The molecule has 0 radical (unpaired) electrons. The van der Waals surface area contributed by atoms with E-state index in [1.807, 2.05) is 35.4 Å². The minimum atomic E-state index is -0.381. The number of aromatic amines is 1. The maximum Gasteiger partial charge on any atom is 0.256 e. The molecule has 2 fully saturated rings. The number of amides is 1. The summed E-state index contributed by atoms with van der Waals surface area (Å²) in [5.74, 6) is 0.0568. The van der Waals surface area contributed by atoms with E-state index < -0.39 is 0 Å². The lowest BCUT2D eigenvalue weighted by Gasteiger charge is -2.59. The fraction of sp³-hybridized carbons (Fsp3) is 0.526. The Bertz CT molecular complexity index is 779. The molecule has 2 bridgehead atoms. The predicted octanol–water partition coefficient (Wildman–Crippen LogP) is 1.94. The molecular formula is C19H25N3O2. The van der Waals surface area contributed by atoms with Crippen molar-refractivity contribution in [1.29, 1.82) is 0 Å². The molecule has 1 unspecified atom stereocenters. The van der Waals surface area contributed by atoms with Crippen LogP contribution in [-0.4, -0.2) is 65.1 Å². The second-order valence-corrected chi connectivity index (χ2v) is 8.29. The monoisotopic (exact) mass is 327 g/mol. The number of likely N-dealkylation sites (tertiary alicyclic amines) is 2. The van der Waals surface area contributed by atoms with Crippen molar-refractivity contribution in [2.24, 2.45) is 10.8 Å². The van der Waals surface area contributed by atoms with Crippen molar-refractivity contribution in [3.63, 3.8) is 0 Å². The fourth-order valence-electron chi connectivity index (χ4n) is 5.07. The predicted molar refractivity (Wildman–Crippen MR) is 93.9 cm³/mol. The van der Waals surface area contributed by atoms with Gasteiger partial charge >= 0.3 is 0 Å². The average Bonchev–Trinajstić information content (AvgIpc) is 2.94. The van der Waals surface area contributed by atoms with Crippen molar-refractivity contribution >= 4 is 16.8 Å². The highest BCUT2D eigenvalue weighted by Crippen LogP contribution is 2.45. The summed E-state index contributed by atoms with van der Waals surface area (Å²) in [5.41, 5.74) is 1.12. The summed E-state index contributed by atoms with van der Waals surface area (Å²) in [6, 6.07) is 7.89. The molecule has 0 spiro atoms. The number of carbonyl (C=O) groups is 1. The van der Waals surface area contributed by atoms with Gasteiger partial charge in [-0.15, -0.1) is 0 Å². The van der Waals surface area contributed by atoms with Gasteiger partial charge in [0.15, 0.2) is 0 Å². The summed E-state index contributed by atoms with van der Waals surface area (Å²) in [6.07, 6.45) is 1.43. The molecule has 2 N–H and O–H groups in total. The number of nitrogens with one attached hydrogen (secondary N) is 1. The molecule has 128 valence electrons. The standard InChI is InChI=1S/C19H25N3O2/c1-18-9-21(3)10-19(2,17(18)24)12-22(11-18)16(23)14-8-20-15-7-5-4-6-13(14)15/h4-8,17,20,24H,9-12H2,1-3H3/t17?,18-,19+. The van der Waals surface area contributed by atoms with Crippen molar-refractivity contribution in [3.05, 3.63) is 36.0 Å². The third-order valence-electron chi connectivity index (χ3n) is 5.79. The highest BCUT2D eigenvalue weighted by Gasteiger charge is 2.55.